The molecular formula is C19H22N4O4. The highest BCUT2D eigenvalue weighted by atomic mass is 16.7. The molecule has 1 aromatic carbocycles. The molecule has 0 saturated carbocycles. The van der Waals surface area contributed by atoms with E-state index in [1.54, 1.807) is 36.5 Å². The first kappa shape index (κ1) is 17.5. The summed E-state index contributed by atoms with van der Waals surface area (Å²) >= 11 is 0. The molecule has 1 N–H and O–H groups in total. The third-order valence-corrected chi connectivity index (χ3v) is 4.76. The number of amides is 1. The number of rotatable bonds is 6. The summed E-state index contributed by atoms with van der Waals surface area (Å²) in [5.74, 6) is 2.31. The van der Waals surface area contributed by atoms with Crippen molar-refractivity contribution in [2.75, 3.05) is 45.5 Å². The van der Waals surface area contributed by atoms with Crippen LogP contribution in [-0.4, -0.2) is 60.9 Å². The third kappa shape index (κ3) is 3.95. The zero-order chi connectivity index (χ0) is 18.6. The fraction of sp³-hybridized carbons (Fsp3) is 0.421. The van der Waals surface area contributed by atoms with Gasteiger partial charge in [0.05, 0.1) is 12.3 Å². The second-order valence-corrected chi connectivity index (χ2v) is 6.61. The number of nitrogens with one attached hydrogen (secondary N) is 1. The number of benzene rings is 1. The molecule has 8 nitrogen and oxygen atoms in total. The smallest absolute Gasteiger partial charge is 0.253 e. The molecule has 142 valence electrons. The van der Waals surface area contributed by atoms with E-state index in [4.69, 9.17) is 14.2 Å². The van der Waals surface area contributed by atoms with Crippen LogP contribution in [0.15, 0.2) is 30.6 Å². The molecule has 0 spiro atoms. The topological polar surface area (TPSA) is 85.8 Å². The number of carbonyl (C=O) groups is 1. The van der Waals surface area contributed by atoms with Gasteiger partial charge in [0, 0.05) is 44.3 Å². The molecule has 8 heteroatoms. The maximum Gasteiger partial charge on any atom is 0.253 e. The monoisotopic (exact) mass is 370 g/mol. The Hall–Kier alpha value is -2.87. The van der Waals surface area contributed by atoms with E-state index in [2.05, 4.69) is 15.3 Å². The lowest BCUT2D eigenvalue weighted by Crippen LogP contribution is -2.31. The number of nitrogens with zero attached hydrogens (tertiary/aromatic N) is 3. The highest BCUT2D eigenvalue weighted by molar-refractivity contribution is 5.94. The molecule has 27 heavy (non-hydrogen) atoms. The fourth-order valence-electron chi connectivity index (χ4n) is 3.16. The van der Waals surface area contributed by atoms with Crippen molar-refractivity contribution in [1.82, 2.24) is 14.9 Å². The van der Waals surface area contributed by atoms with Gasteiger partial charge in [-0.3, -0.25) is 4.79 Å². The van der Waals surface area contributed by atoms with Crippen LogP contribution in [0.1, 0.15) is 28.4 Å². The number of likely N-dealkylation sites (N-methyl/N-ethyl adjacent to an activating group) is 1. The summed E-state index contributed by atoms with van der Waals surface area (Å²) < 4.78 is 16.0. The lowest BCUT2D eigenvalue weighted by Gasteiger charge is -2.18. The van der Waals surface area contributed by atoms with Crippen molar-refractivity contribution in [2.24, 2.45) is 0 Å². The average molecular weight is 370 g/mol. The van der Waals surface area contributed by atoms with Crippen LogP contribution in [0.25, 0.3) is 0 Å². The van der Waals surface area contributed by atoms with Crippen LogP contribution in [0.3, 0.4) is 0 Å². The first-order valence-corrected chi connectivity index (χ1v) is 8.99. The Balaban J connectivity index is 1.31. The molecule has 1 amide bonds. The van der Waals surface area contributed by atoms with E-state index < -0.39 is 0 Å². The van der Waals surface area contributed by atoms with Crippen molar-refractivity contribution in [3.05, 3.63) is 41.9 Å². The van der Waals surface area contributed by atoms with Crippen molar-refractivity contribution in [3.8, 4) is 11.5 Å². The molecule has 0 radical (unpaired) electrons. The van der Waals surface area contributed by atoms with Gasteiger partial charge >= 0.3 is 0 Å². The average Bonchev–Trinajstić information content (AvgIpc) is 3.38. The Morgan fingerprint density at radius 2 is 2.15 bits per heavy atom. The quantitative estimate of drug-likeness (QED) is 0.831. The van der Waals surface area contributed by atoms with Crippen molar-refractivity contribution in [1.29, 1.82) is 0 Å². The highest BCUT2D eigenvalue weighted by Gasteiger charge is 2.20. The van der Waals surface area contributed by atoms with Crippen LogP contribution in [-0.2, 0) is 4.74 Å². The van der Waals surface area contributed by atoms with E-state index in [1.807, 2.05) is 6.07 Å². The van der Waals surface area contributed by atoms with Gasteiger partial charge in [-0.1, -0.05) is 0 Å². The van der Waals surface area contributed by atoms with Gasteiger partial charge in [0.2, 0.25) is 6.79 Å². The van der Waals surface area contributed by atoms with Gasteiger partial charge in [-0.2, -0.15) is 0 Å². The summed E-state index contributed by atoms with van der Waals surface area (Å²) in [6.45, 7) is 2.82. The van der Waals surface area contributed by atoms with Crippen molar-refractivity contribution in [2.45, 2.75) is 12.3 Å². The minimum Gasteiger partial charge on any atom is -0.454 e. The largest absolute Gasteiger partial charge is 0.454 e. The van der Waals surface area contributed by atoms with E-state index in [1.165, 1.54) is 0 Å². The Bertz CT molecular complexity index is 823. The second-order valence-electron chi connectivity index (χ2n) is 6.61. The van der Waals surface area contributed by atoms with E-state index in [-0.39, 0.29) is 12.7 Å². The zero-order valence-corrected chi connectivity index (χ0v) is 15.2. The summed E-state index contributed by atoms with van der Waals surface area (Å²) in [4.78, 5) is 22.8. The summed E-state index contributed by atoms with van der Waals surface area (Å²) in [5, 5.41) is 3.26. The first-order valence-electron chi connectivity index (χ1n) is 8.99. The Labute approximate surface area is 157 Å². The highest BCUT2D eigenvalue weighted by Crippen LogP contribution is 2.32. The van der Waals surface area contributed by atoms with E-state index in [0.717, 1.165) is 24.5 Å². The third-order valence-electron chi connectivity index (χ3n) is 4.76. The molecule has 2 aliphatic heterocycles. The van der Waals surface area contributed by atoms with Gasteiger partial charge < -0.3 is 24.4 Å². The van der Waals surface area contributed by atoms with Crippen LogP contribution in [0.2, 0.25) is 0 Å². The molecule has 1 fully saturated rings. The fourth-order valence-corrected chi connectivity index (χ4v) is 3.16. The molecule has 1 saturated heterocycles. The summed E-state index contributed by atoms with van der Waals surface area (Å²) in [5.41, 5.74) is 1.57. The van der Waals surface area contributed by atoms with Gasteiger partial charge in [-0.15, -0.1) is 0 Å². The molecule has 3 heterocycles. The number of carbonyl (C=O) groups excluding carboxylic acids is 1. The molecule has 0 aliphatic carbocycles. The van der Waals surface area contributed by atoms with Gasteiger partial charge in [-0.05, 0) is 24.6 Å². The van der Waals surface area contributed by atoms with Crippen LogP contribution < -0.4 is 14.8 Å². The Morgan fingerprint density at radius 3 is 3.00 bits per heavy atom. The Kier molecular flexibility index (Phi) is 5.06. The van der Waals surface area contributed by atoms with Crippen LogP contribution in [0.4, 0.5) is 5.82 Å². The summed E-state index contributed by atoms with van der Waals surface area (Å²) in [6, 6.07) is 7.19. The van der Waals surface area contributed by atoms with Crippen LogP contribution >= 0.6 is 0 Å². The predicted molar refractivity (Wildman–Crippen MR) is 98.2 cm³/mol. The molecule has 0 unspecified atom stereocenters. The SMILES string of the molecule is CN(CCNc1cc([C@@H]2CCOC2)ncn1)C(=O)c1ccc2c(c1)OCO2. The van der Waals surface area contributed by atoms with Crippen molar-refractivity contribution >= 4 is 11.7 Å². The van der Waals surface area contributed by atoms with Crippen LogP contribution in [0.5, 0.6) is 11.5 Å². The Morgan fingerprint density at radius 1 is 1.26 bits per heavy atom. The summed E-state index contributed by atoms with van der Waals surface area (Å²) in [6.07, 6.45) is 2.56. The molecule has 2 aliphatic rings. The lowest BCUT2D eigenvalue weighted by atomic mass is 10.1. The molecule has 2 aromatic rings. The van der Waals surface area contributed by atoms with Gasteiger partial charge in [-0.25, -0.2) is 9.97 Å². The van der Waals surface area contributed by atoms with E-state index in [9.17, 15) is 4.79 Å². The minimum atomic E-state index is -0.0680. The normalized spacial score (nSPS) is 17.7. The lowest BCUT2D eigenvalue weighted by molar-refractivity contribution is 0.0800. The number of ether oxygens (including phenoxy) is 3. The number of aromatic nitrogens is 2. The van der Waals surface area contributed by atoms with Crippen molar-refractivity contribution < 1.29 is 19.0 Å². The number of hydrogen-bond acceptors (Lipinski definition) is 7. The predicted octanol–water partition coefficient (Wildman–Crippen LogP) is 1.89. The van der Waals surface area contributed by atoms with Gasteiger partial charge in [0.15, 0.2) is 11.5 Å². The molecule has 1 atom stereocenters. The van der Waals surface area contributed by atoms with E-state index >= 15 is 0 Å². The molecule has 4 rings (SSSR count). The molecule has 0 bridgehead atoms. The zero-order valence-electron chi connectivity index (χ0n) is 15.2. The standard InChI is InChI=1S/C19H22N4O4/c1-23(19(24)13-2-3-16-17(8-13)27-12-26-16)6-5-20-18-9-15(21-11-22-18)14-4-7-25-10-14/h2-3,8-9,11,14H,4-7,10,12H2,1H3,(H,20,21,22)/t14-/m1/s1. The number of fused-ring (bicyclic) bond motifs is 1. The van der Waals surface area contributed by atoms with Gasteiger partial charge in [0.1, 0.15) is 12.1 Å². The minimum absolute atomic E-state index is 0.0680. The molecule has 1 aromatic heterocycles. The summed E-state index contributed by atoms with van der Waals surface area (Å²) in [7, 11) is 1.77. The van der Waals surface area contributed by atoms with Gasteiger partial charge in [0.25, 0.3) is 5.91 Å². The van der Waals surface area contributed by atoms with Crippen LogP contribution in [0, 0.1) is 0 Å². The second kappa shape index (κ2) is 7.79. The molecular weight excluding hydrogens is 348 g/mol. The number of hydrogen-bond donors (Lipinski definition) is 1. The first-order chi connectivity index (χ1) is 13.2. The van der Waals surface area contributed by atoms with Crippen molar-refractivity contribution in [3.63, 3.8) is 0 Å². The van der Waals surface area contributed by atoms with E-state index in [0.29, 0.717) is 42.7 Å². The maximum absolute atomic E-state index is 12.6. The number of anilines is 1. The maximum atomic E-state index is 12.6.